The fourth-order valence-electron chi connectivity index (χ4n) is 2.27. The summed E-state index contributed by atoms with van der Waals surface area (Å²) in [5.74, 6) is 0.523. The molecule has 0 radical (unpaired) electrons. The monoisotopic (exact) mass is 388 g/mol. The second-order valence-electron chi connectivity index (χ2n) is 6.54. The Bertz CT molecular complexity index is 720. The van der Waals surface area contributed by atoms with Crippen LogP contribution in [-0.2, 0) is 9.53 Å². The van der Waals surface area contributed by atoms with Crippen LogP contribution in [-0.4, -0.2) is 36.7 Å². The fraction of sp³-hybridized carbons (Fsp3) is 0.364. The van der Waals surface area contributed by atoms with Crippen LogP contribution >= 0.6 is 0 Å². The Kier molecular flexibility index (Phi) is 9.74. The second-order valence-corrected chi connectivity index (χ2v) is 6.54. The minimum Gasteiger partial charge on any atom is -0.491 e. The number of carboxylic acids is 1. The summed E-state index contributed by atoms with van der Waals surface area (Å²) in [7, 11) is 1.37. The normalized spacial score (nSPS) is 11.4. The average molecular weight is 388 g/mol. The molecular formula is C22H28O6. The molecule has 0 aromatic heterocycles. The van der Waals surface area contributed by atoms with Gasteiger partial charge in [-0.3, -0.25) is 4.79 Å². The molecule has 0 fully saturated rings. The van der Waals surface area contributed by atoms with Gasteiger partial charge in [-0.25, -0.2) is 4.79 Å². The van der Waals surface area contributed by atoms with Gasteiger partial charge in [-0.05, 0) is 69.7 Å². The molecule has 0 bridgehead atoms. The first-order valence-corrected chi connectivity index (χ1v) is 9.01. The molecule has 28 heavy (non-hydrogen) atoms. The summed E-state index contributed by atoms with van der Waals surface area (Å²) in [6, 6.07) is 13.9. The minimum absolute atomic E-state index is 0.101. The molecule has 152 valence electrons. The molecule has 0 spiro atoms. The number of ether oxygens (including phenoxy) is 3. The van der Waals surface area contributed by atoms with Gasteiger partial charge in [0.15, 0.2) is 6.10 Å². The third kappa shape index (κ3) is 8.22. The highest BCUT2D eigenvalue weighted by Crippen LogP contribution is 2.21. The zero-order valence-corrected chi connectivity index (χ0v) is 16.9. The van der Waals surface area contributed by atoms with E-state index in [0.29, 0.717) is 11.1 Å². The summed E-state index contributed by atoms with van der Waals surface area (Å²) in [5, 5.41) is 8.89. The summed E-state index contributed by atoms with van der Waals surface area (Å²) < 4.78 is 15.7. The molecule has 0 aliphatic carbocycles. The molecule has 6 nitrogen and oxygen atoms in total. The first kappa shape index (κ1) is 23.2. The van der Waals surface area contributed by atoms with Crippen molar-refractivity contribution in [1.29, 1.82) is 0 Å². The van der Waals surface area contributed by atoms with Crippen molar-refractivity contribution in [2.24, 2.45) is 0 Å². The predicted octanol–water partition coefficient (Wildman–Crippen LogP) is 4.53. The Morgan fingerprint density at radius 2 is 1.29 bits per heavy atom. The largest absolute Gasteiger partial charge is 0.491 e. The Morgan fingerprint density at radius 3 is 1.61 bits per heavy atom. The van der Waals surface area contributed by atoms with Crippen LogP contribution < -0.4 is 9.47 Å². The van der Waals surface area contributed by atoms with Gasteiger partial charge in [-0.15, -0.1) is 0 Å². The lowest BCUT2D eigenvalue weighted by Crippen LogP contribution is -2.13. The van der Waals surface area contributed by atoms with Gasteiger partial charge in [0.2, 0.25) is 0 Å². The number of carbonyl (C=O) groups is 2. The number of aliphatic carboxylic acids is 1. The Labute approximate surface area is 166 Å². The van der Waals surface area contributed by atoms with Crippen molar-refractivity contribution in [2.75, 3.05) is 7.11 Å². The molecule has 1 unspecified atom stereocenters. The molecule has 1 atom stereocenters. The SMILES string of the molecule is CC(C)Oc1ccc(C=O)cc1.COC(C(=O)O)c1ccc(OC(C)C)cc1. The molecular weight excluding hydrogens is 360 g/mol. The molecule has 0 saturated carbocycles. The highest BCUT2D eigenvalue weighted by molar-refractivity contribution is 5.75. The summed E-state index contributed by atoms with van der Waals surface area (Å²) >= 11 is 0. The topological polar surface area (TPSA) is 82.1 Å². The lowest BCUT2D eigenvalue weighted by atomic mass is 10.1. The molecule has 0 amide bonds. The lowest BCUT2D eigenvalue weighted by molar-refractivity contribution is -0.148. The Hall–Kier alpha value is -2.86. The smallest absolute Gasteiger partial charge is 0.337 e. The molecule has 1 N–H and O–H groups in total. The number of carbonyl (C=O) groups excluding carboxylic acids is 1. The van der Waals surface area contributed by atoms with E-state index < -0.39 is 12.1 Å². The molecule has 0 saturated heterocycles. The van der Waals surface area contributed by atoms with Crippen molar-refractivity contribution in [3.63, 3.8) is 0 Å². The van der Waals surface area contributed by atoms with E-state index in [4.69, 9.17) is 19.3 Å². The van der Waals surface area contributed by atoms with Gasteiger partial charge < -0.3 is 19.3 Å². The van der Waals surface area contributed by atoms with Gasteiger partial charge in [0, 0.05) is 12.7 Å². The van der Waals surface area contributed by atoms with E-state index in [1.165, 1.54) is 7.11 Å². The van der Waals surface area contributed by atoms with Crippen molar-refractivity contribution in [3.8, 4) is 11.5 Å². The van der Waals surface area contributed by atoms with Crippen molar-refractivity contribution in [1.82, 2.24) is 0 Å². The van der Waals surface area contributed by atoms with Gasteiger partial charge in [0.05, 0.1) is 12.2 Å². The van der Waals surface area contributed by atoms with Gasteiger partial charge in [-0.2, -0.15) is 0 Å². The lowest BCUT2D eigenvalue weighted by Gasteiger charge is -2.13. The van der Waals surface area contributed by atoms with Crippen molar-refractivity contribution >= 4 is 12.3 Å². The van der Waals surface area contributed by atoms with Gasteiger partial charge in [0.25, 0.3) is 0 Å². The average Bonchev–Trinajstić information content (AvgIpc) is 2.64. The number of benzene rings is 2. The van der Waals surface area contributed by atoms with Crippen LogP contribution in [0.3, 0.4) is 0 Å². The number of carboxylic acid groups (broad SMARTS) is 1. The third-order valence-electron chi connectivity index (χ3n) is 3.40. The van der Waals surface area contributed by atoms with Crippen molar-refractivity contribution in [3.05, 3.63) is 59.7 Å². The summed E-state index contributed by atoms with van der Waals surface area (Å²) in [6.45, 7) is 7.80. The molecule has 6 heteroatoms. The fourth-order valence-corrected chi connectivity index (χ4v) is 2.27. The predicted molar refractivity (Wildman–Crippen MR) is 107 cm³/mol. The number of hydrogen-bond acceptors (Lipinski definition) is 5. The third-order valence-corrected chi connectivity index (χ3v) is 3.40. The van der Waals surface area contributed by atoms with E-state index in [0.717, 1.165) is 17.8 Å². The maximum absolute atomic E-state index is 10.8. The number of aldehydes is 1. The van der Waals surface area contributed by atoms with Crippen molar-refractivity contribution in [2.45, 2.75) is 46.0 Å². The van der Waals surface area contributed by atoms with Crippen LogP contribution in [0.5, 0.6) is 11.5 Å². The van der Waals surface area contributed by atoms with Gasteiger partial charge in [-0.1, -0.05) is 12.1 Å². The van der Waals surface area contributed by atoms with E-state index >= 15 is 0 Å². The van der Waals surface area contributed by atoms with Crippen LogP contribution in [0, 0.1) is 0 Å². The van der Waals surface area contributed by atoms with E-state index in [-0.39, 0.29) is 12.2 Å². The zero-order valence-electron chi connectivity index (χ0n) is 16.9. The highest BCUT2D eigenvalue weighted by atomic mass is 16.5. The number of rotatable bonds is 8. The quantitative estimate of drug-likeness (QED) is 0.669. The first-order chi connectivity index (χ1) is 13.3. The minimum atomic E-state index is -1.000. The second kappa shape index (κ2) is 11.8. The van der Waals surface area contributed by atoms with Crippen LogP contribution in [0.25, 0.3) is 0 Å². The Morgan fingerprint density at radius 1 is 0.857 bits per heavy atom. The van der Waals surface area contributed by atoms with Crippen LogP contribution in [0.1, 0.15) is 49.7 Å². The standard InChI is InChI=1S/C12H16O4.C10H12O2/c1-8(2)16-10-6-4-9(5-7-10)11(15-3)12(13)14;1-8(2)12-10-5-3-9(7-11)4-6-10/h4-8,11H,1-3H3,(H,13,14);3-8H,1-2H3. The van der Waals surface area contributed by atoms with E-state index in [1.54, 1.807) is 48.5 Å². The summed E-state index contributed by atoms with van der Waals surface area (Å²) in [6.07, 6.45) is 0.169. The van der Waals surface area contributed by atoms with Crippen LogP contribution in [0.15, 0.2) is 48.5 Å². The van der Waals surface area contributed by atoms with Gasteiger partial charge in [0.1, 0.15) is 17.8 Å². The van der Waals surface area contributed by atoms with Crippen molar-refractivity contribution < 1.29 is 28.9 Å². The van der Waals surface area contributed by atoms with E-state index in [1.807, 2.05) is 27.7 Å². The molecule has 0 aliphatic heterocycles. The van der Waals surface area contributed by atoms with Crippen LogP contribution in [0.2, 0.25) is 0 Å². The number of methoxy groups -OCH3 is 1. The maximum atomic E-state index is 10.8. The van der Waals surface area contributed by atoms with Crippen LogP contribution in [0.4, 0.5) is 0 Å². The highest BCUT2D eigenvalue weighted by Gasteiger charge is 2.18. The summed E-state index contributed by atoms with van der Waals surface area (Å²) in [5.41, 5.74) is 1.28. The molecule has 2 rings (SSSR count). The van der Waals surface area contributed by atoms with E-state index in [2.05, 4.69) is 0 Å². The molecule has 2 aromatic carbocycles. The summed E-state index contributed by atoms with van der Waals surface area (Å²) in [4.78, 5) is 21.1. The van der Waals surface area contributed by atoms with E-state index in [9.17, 15) is 9.59 Å². The molecule has 0 heterocycles. The zero-order chi connectivity index (χ0) is 21.1. The van der Waals surface area contributed by atoms with Gasteiger partial charge >= 0.3 is 5.97 Å². The molecule has 0 aliphatic rings. The first-order valence-electron chi connectivity index (χ1n) is 9.01. The number of hydrogen-bond donors (Lipinski definition) is 1. The Balaban J connectivity index is 0.000000292. The maximum Gasteiger partial charge on any atom is 0.337 e. The molecule has 2 aromatic rings.